The number of rotatable bonds is 5. The Morgan fingerprint density at radius 3 is 2.81 bits per heavy atom. The van der Waals surface area contributed by atoms with Gasteiger partial charge in [0.25, 0.3) is 0 Å². The molecule has 136 valence electrons. The Morgan fingerprint density at radius 2 is 2.12 bits per heavy atom. The zero-order chi connectivity index (χ0) is 18.3. The largest absolute Gasteiger partial charge is 0.495 e. The van der Waals surface area contributed by atoms with Crippen LogP contribution < -0.4 is 4.74 Å². The molecule has 1 aliphatic heterocycles. The van der Waals surface area contributed by atoms with Crippen molar-refractivity contribution in [3.63, 3.8) is 0 Å². The monoisotopic (exact) mass is 379 g/mol. The Labute approximate surface area is 148 Å². The SMILES string of the molecule is COc1ccc(F)cc1S(=O)(=O)N1CC(c2nc(-c3ccco3)no2)C1. The molecule has 1 aliphatic rings. The number of aromatic nitrogens is 2. The van der Waals surface area contributed by atoms with Gasteiger partial charge >= 0.3 is 0 Å². The second-order valence-electron chi connectivity index (χ2n) is 5.75. The van der Waals surface area contributed by atoms with Gasteiger partial charge in [0, 0.05) is 13.1 Å². The van der Waals surface area contributed by atoms with E-state index in [2.05, 4.69) is 10.1 Å². The van der Waals surface area contributed by atoms with Gasteiger partial charge in [-0.2, -0.15) is 9.29 Å². The molecule has 0 unspecified atom stereocenters. The molecule has 26 heavy (non-hydrogen) atoms. The number of nitrogens with zero attached hydrogens (tertiary/aromatic N) is 3. The molecule has 0 bridgehead atoms. The Balaban J connectivity index is 1.52. The third kappa shape index (κ3) is 2.76. The van der Waals surface area contributed by atoms with Crippen molar-refractivity contribution in [3.05, 3.63) is 48.3 Å². The first-order valence-corrected chi connectivity index (χ1v) is 9.14. The van der Waals surface area contributed by atoms with Gasteiger partial charge in [0.1, 0.15) is 16.5 Å². The third-order valence-electron chi connectivity index (χ3n) is 4.12. The average Bonchev–Trinajstić information content (AvgIpc) is 3.24. The van der Waals surface area contributed by atoms with Crippen LogP contribution >= 0.6 is 0 Å². The maximum atomic E-state index is 13.5. The van der Waals surface area contributed by atoms with E-state index in [0.29, 0.717) is 17.5 Å². The Morgan fingerprint density at radius 1 is 1.31 bits per heavy atom. The molecule has 0 spiro atoms. The lowest BCUT2D eigenvalue weighted by molar-refractivity contribution is 0.216. The number of halogens is 1. The summed E-state index contributed by atoms with van der Waals surface area (Å²) in [6.45, 7) is 0.309. The van der Waals surface area contributed by atoms with Crippen LogP contribution in [-0.4, -0.2) is 43.1 Å². The molecule has 1 fully saturated rings. The van der Waals surface area contributed by atoms with Crippen LogP contribution in [0.2, 0.25) is 0 Å². The lowest BCUT2D eigenvalue weighted by Crippen LogP contribution is -2.48. The molecular weight excluding hydrogens is 365 g/mol. The van der Waals surface area contributed by atoms with Crippen LogP contribution in [-0.2, 0) is 10.0 Å². The minimum atomic E-state index is -3.88. The zero-order valence-corrected chi connectivity index (χ0v) is 14.4. The van der Waals surface area contributed by atoms with Crippen LogP contribution in [0.3, 0.4) is 0 Å². The number of furan rings is 1. The summed E-state index contributed by atoms with van der Waals surface area (Å²) in [6, 6.07) is 6.78. The molecule has 10 heteroatoms. The van der Waals surface area contributed by atoms with E-state index < -0.39 is 15.8 Å². The summed E-state index contributed by atoms with van der Waals surface area (Å²) in [5, 5.41) is 3.83. The molecule has 0 amide bonds. The zero-order valence-electron chi connectivity index (χ0n) is 13.6. The first-order valence-electron chi connectivity index (χ1n) is 7.70. The van der Waals surface area contributed by atoms with Gasteiger partial charge in [-0.3, -0.25) is 0 Å². The van der Waals surface area contributed by atoms with Crippen LogP contribution in [0.4, 0.5) is 4.39 Å². The van der Waals surface area contributed by atoms with Crippen molar-refractivity contribution in [1.29, 1.82) is 0 Å². The van der Waals surface area contributed by atoms with E-state index in [1.807, 2.05) is 0 Å². The topological polar surface area (TPSA) is 98.7 Å². The number of ether oxygens (including phenoxy) is 1. The van der Waals surface area contributed by atoms with Gasteiger partial charge in [-0.1, -0.05) is 5.16 Å². The molecular formula is C16H14FN3O5S. The van der Waals surface area contributed by atoms with Crippen LogP contribution in [0.25, 0.3) is 11.6 Å². The van der Waals surface area contributed by atoms with Crippen LogP contribution in [0, 0.1) is 5.82 Å². The Hall–Kier alpha value is -2.72. The lowest BCUT2D eigenvalue weighted by atomic mass is 10.0. The maximum Gasteiger partial charge on any atom is 0.246 e. The predicted molar refractivity (Wildman–Crippen MR) is 86.5 cm³/mol. The van der Waals surface area contributed by atoms with E-state index in [4.69, 9.17) is 13.7 Å². The molecule has 0 radical (unpaired) electrons. The van der Waals surface area contributed by atoms with Gasteiger partial charge in [0.2, 0.25) is 21.7 Å². The second-order valence-corrected chi connectivity index (χ2v) is 7.65. The number of benzene rings is 1. The second kappa shape index (κ2) is 6.22. The molecule has 3 aromatic rings. The van der Waals surface area contributed by atoms with Crippen LogP contribution in [0.15, 0.2) is 50.4 Å². The molecule has 4 rings (SSSR count). The van der Waals surface area contributed by atoms with Crippen molar-refractivity contribution in [2.75, 3.05) is 20.2 Å². The normalized spacial score (nSPS) is 15.8. The summed E-state index contributed by atoms with van der Waals surface area (Å²) in [6.07, 6.45) is 1.50. The highest BCUT2D eigenvalue weighted by Gasteiger charge is 2.41. The fraction of sp³-hybridized carbons (Fsp3) is 0.250. The van der Waals surface area contributed by atoms with Crippen molar-refractivity contribution in [2.45, 2.75) is 10.8 Å². The van der Waals surface area contributed by atoms with E-state index in [-0.39, 0.29) is 29.7 Å². The number of hydrogen-bond acceptors (Lipinski definition) is 7. The van der Waals surface area contributed by atoms with Crippen molar-refractivity contribution in [3.8, 4) is 17.3 Å². The number of methoxy groups -OCH3 is 1. The molecule has 8 nitrogen and oxygen atoms in total. The maximum absolute atomic E-state index is 13.5. The van der Waals surface area contributed by atoms with E-state index in [0.717, 1.165) is 12.1 Å². The van der Waals surface area contributed by atoms with Crippen molar-refractivity contribution in [2.24, 2.45) is 0 Å². The van der Waals surface area contributed by atoms with Gasteiger partial charge in [-0.05, 0) is 30.3 Å². The van der Waals surface area contributed by atoms with Crippen LogP contribution in [0.1, 0.15) is 11.8 Å². The summed E-state index contributed by atoms with van der Waals surface area (Å²) in [7, 11) is -2.55. The van der Waals surface area contributed by atoms with Gasteiger partial charge in [-0.15, -0.1) is 0 Å². The molecule has 0 N–H and O–H groups in total. The minimum Gasteiger partial charge on any atom is -0.495 e. The highest BCUT2D eigenvalue weighted by Crippen LogP contribution is 2.35. The van der Waals surface area contributed by atoms with Gasteiger partial charge in [-0.25, -0.2) is 12.8 Å². The highest BCUT2D eigenvalue weighted by atomic mass is 32.2. The molecule has 1 saturated heterocycles. The van der Waals surface area contributed by atoms with E-state index >= 15 is 0 Å². The standard InChI is InChI=1S/C16H14FN3O5S/c1-23-12-5-4-11(17)7-14(12)26(21,22)20-8-10(9-20)16-18-15(19-25-16)13-3-2-6-24-13/h2-7,10H,8-9H2,1H3. The first-order chi connectivity index (χ1) is 12.5. The van der Waals surface area contributed by atoms with Gasteiger partial charge in [0.15, 0.2) is 5.76 Å². The Kier molecular flexibility index (Phi) is 4.00. The fourth-order valence-corrected chi connectivity index (χ4v) is 4.39. The molecule has 3 heterocycles. The third-order valence-corrected chi connectivity index (χ3v) is 5.98. The minimum absolute atomic E-state index is 0.0905. The Bertz CT molecular complexity index is 1030. The van der Waals surface area contributed by atoms with Crippen molar-refractivity contribution >= 4 is 10.0 Å². The smallest absolute Gasteiger partial charge is 0.246 e. The number of sulfonamides is 1. The molecule has 1 aromatic carbocycles. The highest BCUT2D eigenvalue weighted by molar-refractivity contribution is 7.89. The molecule has 0 aliphatic carbocycles. The molecule has 0 saturated carbocycles. The summed E-state index contributed by atoms with van der Waals surface area (Å²) < 4.78 is 55.6. The van der Waals surface area contributed by atoms with Gasteiger partial charge < -0.3 is 13.7 Å². The summed E-state index contributed by atoms with van der Waals surface area (Å²) in [4.78, 5) is 4.03. The lowest BCUT2D eigenvalue weighted by Gasteiger charge is -2.36. The van der Waals surface area contributed by atoms with E-state index in [9.17, 15) is 12.8 Å². The molecule has 2 aromatic heterocycles. The van der Waals surface area contributed by atoms with Crippen molar-refractivity contribution in [1.82, 2.24) is 14.4 Å². The first kappa shape index (κ1) is 16.7. The fourth-order valence-electron chi connectivity index (χ4n) is 2.69. The summed E-state index contributed by atoms with van der Waals surface area (Å²) in [5.74, 6) is 0.301. The van der Waals surface area contributed by atoms with Crippen molar-refractivity contribution < 1.29 is 26.5 Å². The number of hydrogen-bond donors (Lipinski definition) is 0. The summed E-state index contributed by atoms with van der Waals surface area (Å²) >= 11 is 0. The summed E-state index contributed by atoms with van der Waals surface area (Å²) in [5.41, 5.74) is 0. The average molecular weight is 379 g/mol. The van der Waals surface area contributed by atoms with E-state index in [1.54, 1.807) is 12.1 Å². The predicted octanol–water partition coefficient (Wildman–Crippen LogP) is 2.27. The molecule has 0 atom stereocenters. The van der Waals surface area contributed by atoms with E-state index in [1.165, 1.54) is 23.7 Å². The van der Waals surface area contributed by atoms with Crippen LogP contribution in [0.5, 0.6) is 5.75 Å². The quantitative estimate of drug-likeness (QED) is 0.670. The van der Waals surface area contributed by atoms with Gasteiger partial charge in [0.05, 0.1) is 19.3 Å².